The molecule has 0 N–H and O–H groups in total. The number of anilines is 1. The van der Waals surface area contributed by atoms with E-state index in [4.69, 9.17) is 9.47 Å². The smallest absolute Gasteiger partial charge is 0.269 e. The minimum Gasteiger partial charge on any atom is -0.360 e. The van der Waals surface area contributed by atoms with E-state index in [1.54, 1.807) is 12.1 Å². The molecule has 2 bridgehead atoms. The molecule has 1 aromatic carbocycles. The highest BCUT2D eigenvalue weighted by Crippen LogP contribution is 2.66. The van der Waals surface area contributed by atoms with Gasteiger partial charge in [-0.05, 0) is 25.0 Å². The van der Waals surface area contributed by atoms with E-state index in [1.807, 2.05) is 12.1 Å². The second kappa shape index (κ2) is 3.75. The van der Waals surface area contributed by atoms with Gasteiger partial charge in [0, 0.05) is 29.7 Å². The maximum Gasteiger partial charge on any atom is 0.269 e. The minimum absolute atomic E-state index is 0.146. The molecule has 0 aromatic heterocycles. The molecule has 1 spiro atoms. The summed E-state index contributed by atoms with van der Waals surface area (Å²) in [5.74, 6) is 0.586. The summed E-state index contributed by atoms with van der Waals surface area (Å²) in [6.45, 7) is 1.42. The van der Waals surface area contributed by atoms with Crippen molar-refractivity contribution in [2.75, 3.05) is 18.1 Å². The van der Waals surface area contributed by atoms with Crippen molar-refractivity contribution >= 4 is 11.4 Å². The predicted octanol–water partition coefficient (Wildman–Crippen LogP) is 1.93. The number of nitro benzene ring substituents is 1. The number of benzene rings is 1. The Labute approximate surface area is 121 Å². The molecule has 4 aliphatic rings. The summed E-state index contributed by atoms with van der Waals surface area (Å²) < 4.78 is 12.0. The zero-order valence-electron chi connectivity index (χ0n) is 11.5. The quantitative estimate of drug-likeness (QED) is 0.473. The largest absolute Gasteiger partial charge is 0.360 e. The molecule has 4 unspecified atom stereocenters. The van der Waals surface area contributed by atoms with Crippen molar-refractivity contribution in [2.24, 2.45) is 11.8 Å². The molecule has 0 amide bonds. The molecule has 4 fully saturated rings. The summed E-state index contributed by atoms with van der Waals surface area (Å²) in [5.41, 5.74) is 1.23. The van der Waals surface area contributed by atoms with Crippen LogP contribution < -0.4 is 4.90 Å². The molecule has 2 heterocycles. The van der Waals surface area contributed by atoms with E-state index in [9.17, 15) is 10.1 Å². The second-order valence-electron chi connectivity index (χ2n) is 6.37. The summed E-state index contributed by atoms with van der Waals surface area (Å²) in [7, 11) is 0. The molecule has 2 saturated carbocycles. The third kappa shape index (κ3) is 1.34. The number of non-ortho nitro benzene ring substituents is 1. The maximum absolute atomic E-state index is 10.7. The minimum atomic E-state index is -0.355. The van der Waals surface area contributed by atoms with Gasteiger partial charge in [0.2, 0.25) is 0 Å². The highest BCUT2D eigenvalue weighted by atomic mass is 16.7. The van der Waals surface area contributed by atoms with Gasteiger partial charge in [-0.2, -0.15) is 0 Å². The van der Waals surface area contributed by atoms with Crippen LogP contribution in [-0.2, 0) is 9.47 Å². The summed E-state index contributed by atoms with van der Waals surface area (Å²) in [4.78, 5) is 12.8. The first-order valence-electron chi connectivity index (χ1n) is 7.53. The van der Waals surface area contributed by atoms with Gasteiger partial charge in [-0.1, -0.05) is 0 Å². The van der Waals surface area contributed by atoms with Crippen LogP contribution in [-0.4, -0.2) is 36.0 Å². The Balaban J connectivity index is 1.42. The van der Waals surface area contributed by atoms with Crippen LogP contribution in [0, 0.1) is 22.0 Å². The molecule has 6 nitrogen and oxygen atoms in total. The van der Waals surface area contributed by atoms with E-state index < -0.39 is 0 Å². The lowest BCUT2D eigenvalue weighted by Gasteiger charge is -2.32. The molecule has 1 aromatic rings. The molecule has 21 heavy (non-hydrogen) atoms. The first-order chi connectivity index (χ1) is 10.2. The van der Waals surface area contributed by atoms with E-state index in [0.29, 0.717) is 37.1 Å². The normalized spacial score (nSPS) is 38.0. The van der Waals surface area contributed by atoms with Crippen molar-refractivity contribution in [3.8, 4) is 0 Å². The molecule has 2 aliphatic carbocycles. The van der Waals surface area contributed by atoms with Crippen molar-refractivity contribution in [3.05, 3.63) is 34.4 Å². The SMILES string of the molecule is O=[N+]([O-])c1ccc(N2C3C2C2CCC3C23OCCO3)cc1. The van der Waals surface area contributed by atoms with Crippen molar-refractivity contribution in [1.29, 1.82) is 0 Å². The molecule has 4 atom stereocenters. The monoisotopic (exact) mass is 288 g/mol. The number of rotatable bonds is 2. The number of ether oxygens (including phenoxy) is 2. The summed E-state index contributed by atoms with van der Waals surface area (Å²) >= 11 is 0. The molecule has 2 saturated heterocycles. The van der Waals surface area contributed by atoms with E-state index >= 15 is 0 Å². The molecule has 6 heteroatoms. The van der Waals surface area contributed by atoms with Crippen LogP contribution in [0.15, 0.2) is 24.3 Å². The molecular weight excluding hydrogens is 272 g/mol. The number of fused-ring (bicyclic) bond motifs is 3. The fourth-order valence-corrected chi connectivity index (χ4v) is 4.95. The third-order valence-electron chi connectivity index (χ3n) is 5.65. The lowest BCUT2D eigenvalue weighted by Crippen LogP contribution is -2.42. The van der Waals surface area contributed by atoms with Gasteiger partial charge in [-0.15, -0.1) is 0 Å². The van der Waals surface area contributed by atoms with E-state index in [0.717, 1.165) is 18.5 Å². The van der Waals surface area contributed by atoms with Gasteiger partial charge in [-0.25, -0.2) is 0 Å². The Bertz CT molecular complexity index is 591. The van der Waals surface area contributed by atoms with E-state index in [1.165, 1.54) is 0 Å². The highest BCUT2D eigenvalue weighted by molar-refractivity contribution is 5.62. The van der Waals surface area contributed by atoms with Gasteiger partial charge < -0.3 is 14.4 Å². The fraction of sp³-hybridized carbons (Fsp3) is 0.600. The Morgan fingerprint density at radius 1 is 1.10 bits per heavy atom. The molecule has 110 valence electrons. The summed E-state index contributed by atoms with van der Waals surface area (Å²) in [5, 5.41) is 10.7. The summed E-state index contributed by atoms with van der Waals surface area (Å²) in [6, 6.07) is 7.87. The van der Waals surface area contributed by atoms with Crippen LogP contribution in [0.5, 0.6) is 0 Å². The zero-order chi connectivity index (χ0) is 14.2. The van der Waals surface area contributed by atoms with Crippen molar-refractivity contribution < 1.29 is 14.4 Å². The van der Waals surface area contributed by atoms with Gasteiger partial charge in [0.1, 0.15) is 0 Å². The average Bonchev–Trinajstić information content (AvgIpc) is 2.81. The lowest BCUT2D eigenvalue weighted by molar-refractivity contribution is -0.384. The van der Waals surface area contributed by atoms with Crippen LogP contribution in [0.2, 0.25) is 0 Å². The van der Waals surface area contributed by atoms with E-state index in [2.05, 4.69) is 4.90 Å². The van der Waals surface area contributed by atoms with Gasteiger partial charge in [0.25, 0.3) is 5.69 Å². The first-order valence-corrected chi connectivity index (χ1v) is 7.53. The molecule has 0 radical (unpaired) electrons. The second-order valence-corrected chi connectivity index (χ2v) is 6.37. The lowest BCUT2D eigenvalue weighted by atomic mass is 10.0. The van der Waals surface area contributed by atoms with Gasteiger partial charge in [-0.3, -0.25) is 10.1 Å². The van der Waals surface area contributed by atoms with Crippen LogP contribution in [0.3, 0.4) is 0 Å². The third-order valence-corrected chi connectivity index (χ3v) is 5.65. The van der Waals surface area contributed by atoms with Crippen molar-refractivity contribution in [3.63, 3.8) is 0 Å². The Hall–Kier alpha value is -1.66. The zero-order valence-corrected chi connectivity index (χ0v) is 11.5. The Morgan fingerprint density at radius 2 is 1.67 bits per heavy atom. The Kier molecular flexibility index (Phi) is 2.13. The number of hydrogen-bond donors (Lipinski definition) is 0. The van der Waals surface area contributed by atoms with Crippen LogP contribution in [0.1, 0.15) is 12.8 Å². The van der Waals surface area contributed by atoms with Crippen LogP contribution in [0.25, 0.3) is 0 Å². The first kappa shape index (κ1) is 11.9. The topological polar surface area (TPSA) is 64.6 Å². The fourth-order valence-electron chi connectivity index (χ4n) is 4.95. The number of nitro groups is 1. The molecular formula is C15H16N2O4. The maximum atomic E-state index is 10.7. The van der Waals surface area contributed by atoms with Gasteiger partial charge in [0.15, 0.2) is 5.79 Å². The molecule has 2 aliphatic heterocycles. The summed E-state index contributed by atoms with van der Waals surface area (Å²) in [6.07, 6.45) is 2.32. The molecule has 5 rings (SSSR count). The Morgan fingerprint density at radius 3 is 2.19 bits per heavy atom. The van der Waals surface area contributed by atoms with E-state index in [-0.39, 0.29) is 16.4 Å². The van der Waals surface area contributed by atoms with Crippen LogP contribution >= 0.6 is 0 Å². The van der Waals surface area contributed by atoms with Gasteiger partial charge in [0.05, 0.1) is 30.2 Å². The standard InChI is InChI=1S/C15H16N2O4/c18-17(19)10-3-1-9(2-4-10)16-13-11-5-6-12(14(13)16)15(11)20-7-8-21-15/h1-4,11-14H,5-8H2. The van der Waals surface area contributed by atoms with Crippen molar-refractivity contribution in [1.82, 2.24) is 0 Å². The highest BCUT2D eigenvalue weighted by Gasteiger charge is 2.77. The number of piperidine rings is 1. The van der Waals surface area contributed by atoms with Crippen LogP contribution in [0.4, 0.5) is 11.4 Å². The number of nitrogens with zero attached hydrogens (tertiary/aromatic N) is 2. The predicted molar refractivity (Wildman–Crippen MR) is 74.0 cm³/mol. The average molecular weight is 288 g/mol. The van der Waals surface area contributed by atoms with Gasteiger partial charge >= 0.3 is 0 Å². The number of hydrogen-bond acceptors (Lipinski definition) is 5. The van der Waals surface area contributed by atoms with Crippen molar-refractivity contribution in [2.45, 2.75) is 30.7 Å².